The van der Waals surface area contributed by atoms with Gasteiger partial charge in [-0.2, -0.15) is 0 Å². The molecule has 122 valence electrons. The van der Waals surface area contributed by atoms with E-state index in [1.807, 2.05) is 35.2 Å². The lowest BCUT2D eigenvalue weighted by molar-refractivity contribution is -0.136. The van der Waals surface area contributed by atoms with Gasteiger partial charge < -0.3 is 15.0 Å². The number of hydrogen-bond donors (Lipinski definition) is 1. The molecular formula is C18H22N2O3. The van der Waals surface area contributed by atoms with E-state index in [9.17, 15) is 9.59 Å². The van der Waals surface area contributed by atoms with Gasteiger partial charge in [0, 0.05) is 18.7 Å². The number of fused-ring (bicyclic) bond motifs is 1. The van der Waals surface area contributed by atoms with Crippen LogP contribution in [0.4, 0.5) is 0 Å². The highest BCUT2D eigenvalue weighted by Crippen LogP contribution is 2.25. The van der Waals surface area contributed by atoms with Gasteiger partial charge in [0.05, 0.1) is 5.57 Å². The molecule has 0 saturated carbocycles. The molecular weight excluding hydrogens is 292 g/mol. The third-order valence-corrected chi connectivity index (χ3v) is 4.31. The zero-order chi connectivity index (χ0) is 16.2. The summed E-state index contributed by atoms with van der Waals surface area (Å²) in [7, 11) is 0. The fourth-order valence-electron chi connectivity index (χ4n) is 2.99. The Morgan fingerprint density at radius 2 is 1.91 bits per heavy atom. The Balaban J connectivity index is 1.63. The minimum absolute atomic E-state index is 0.00391. The number of para-hydroxylation sites is 1. The Hall–Kier alpha value is -2.30. The van der Waals surface area contributed by atoms with Crippen molar-refractivity contribution in [2.75, 3.05) is 19.7 Å². The van der Waals surface area contributed by atoms with Crippen molar-refractivity contribution in [3.63, 3.8) is 0 Å². The second kappa shape index (κ2) is 6.86. The highest BCUT2D eigenvalue weighted by atomic mass is 16.5. The lowest BCUT2D eigenvalue weighted by Crippen LogP contribution is -2.49. The molecule has 0 spiro atoms. The molecule has 0 aromatic heterocycles. The van der Waals surface area contributed by atoms with Crippen LogP contribution >= 0.6 is 0 Å². The Labute approximate surface area is 136 Å². The summed E-state index contributed by atoms with van der Waals surface area (Å²) in [6.45, 7) is 3.55. The molecule has 0 bridgehead atoms. The standard InChI is InChI=1S/C18H22N2O3/c1-13(18(22)20-9-5-2-6-10-20)19-17(21)15-11-14-7-3-4-8-16(14)23-12-15/h3-4,7-8,11,13H,2,5-6,9-10,12H2,1H3,(H,19,21)/t13-/m0/s1. The van der Waals surface area contributed by atoms with Crippen LogP contribution in [0.25, 0.3) is 6.08 Å². The number of likely N-dealkylation sites (tertiary alicyclic amines) is 1. The molecule has 0 radical (unpaired) electrons. The van der Waals surface area contributed by atoms with E-state index in [-0.39, 0.29) is 18.4 Å². The number of carbonyl (C=O) groups is 2. The van der Waals surface area contributed by atoms with Crippen molar-refractivity contribution in [1.29, 1.82) is 0 Å². The van der Waals surface area contributed by atoms with Crippen LogP contribution in [0.15, 0.2) is 29.8 Å². The van der Waals surface area contributed by atoms with Gasteiger partial charge in [-0.05, 0) is 38.3 Å². The van der Waals surface area contributed by atoms with Gasteiger partial charge in [-0.25, -0.2) is 0 Å². The van der Waals surface area contributed by atoms with Crippen LogP contribution in [0.5, 0.6) is 5.75 Å². The maximum Gasteiger partial charge on any atom is 0.251 e. The zero-order valence-corrected chi connectivity index (χ0v) is 13.4. The van der Waals surface area contributed by atoms with E-state index < -0.39 is 6.04 Å². The number of benzene rings is 1. The van der Waals surface area contributed by atoms with Crippen LogP contribution in [0.3, 0.4) is 0 Å². The number of nitrogens with one attached hydrogen (secondary N) is 1. The fourth-order valence-corrected chi connectivity index (χ4v) is 2.99. The molecule has 2 aliphatic heterocycles. The molecule has 3 rings (SSSR count). The Kier molecular flexibility index (Phi) is 4.65. The first-order chi connectivity index (χ1) is 11.1. The van der Waals surface area contributed by atoms with Gasteiger partial charge in [0.25, 0.3) is 5.91 Å². The molecule has 5 heteroatoms. The smallest absolute Gasteiger partial charge is 0.251 e. The summed E-state index contributed by atoms with van der Waals surface area (Å²) in [5.41, 5.74) is 1.43. The van der Waals surface area contributed by atoms with Crippen LogP contribution in [0.2, 0.25) is 0 Å². The highest BCUT2D eigenvalue weighted by Gasteiger charge is 2.25. The Morgan fingerprint density at radius 3 is 2.70 bits per heavy atom. The number of nitrogens with zero attached hydrogens (tertiary/aromatic N) is 1. The summed E-state index contributed by atoms with van der Waals surface area (Å²) < 4.78 is 5.59. The van der Waals surface area contributed by atoms with Crippen LogP contribution in [0, 0.1) is 0 Å². The molecule has 2 amide bonds. The Morgan fingerprint density at radius 1 is 1.17 bits per heavy atom. The Bertz CT molecular complexity index is 633. The number of amides is 2. The van der Waals surface area contributed by atoms with E-state index in [0.29, 0.717) is 5.57 Å². The van der Waals surface area contributed by atoms with E-state index >= 15 is 0 Å². The minimum Gasteiger partial charge on any atom is -0.488 e. The van der Waals surface area contributed by atoms with Gasteiger partial charge in [-0.1, -0.05) is 18.2 Å². The number of piperidine rings is 1. The average Bonchev–Trinajstić information content (AvgIpc) is 2.61. The normalized spacial score (nSPS) is 18.3. The van der Waals surface area contributed by atoms with Crippen molar-refractivity contribution in [3.8, 4) is 5.75 Å². The van der Waals surface area contributed by atoms with Gasteiger partial charge >= 0.3 is 0 Å². The fraction of sp³-hybridized carbons (Fsp3) is 0.444. The predicted molar refractivity (Wildman–Crippen MR) is 87.9 cm³/mol. The summed E-state index contributed by atoms with van der Waals surface area (Å²) in [4.78, 5) is 26.6. The van der Waals surface area contributed by atoms with Crippen LogP contribution in [-0.4, -0.2) is 42.5 Å². The molecule has 1 fully saturated rings. The van der Waals surface area contributed by atoms with E-state index in [1.54, 1.807) is 6.92 Å². The molecule has 1 aromatic carbocycles. The maximum absolute atomic E-state index is 12.4. The van der Waals surface area contributed by atoms with Crippen molar-refractivity contribution in [2.45, 2.75) is 32.2 Å². The monoisotopic (exact) mass is 314 g/mol. The van der Waals surface area contributed by atoms with Gasteiger partial charge in [0.2, 0.25) is 5.91 Å². The van der Waals surface area contributed by atoms with Gasteiger partial charge in [-0.3, -0.25) is 9.59 Å². The second-order valence-electron chi connectivity index (χ2n) is 6.08. The summed E-state index contributed by atoms with van der Waals surface area (Å²) in [6.07, 6.45) is 5.09. The zero-order valence-electron chi connectivity index (χ0n) is 13.4. The molecule has 1 N–H and O–H groups in total. The number of hydrogen-bond acceptors (Lipinski definition) is 3. The van der Waals surface area contributed by atoms with E-state index in [0.717, 1.165) is 37.2 Å². The molecule has 1 aromatic rings. The van der Waals surface area contributed by atoms with E-state index in [4.69, 9.17) is 4.74 Å². The highest BCUT2D eigenvalue weighted by molar-refractivity contribution is 6.01. The topological polar surface area (TPSA) is 58.6 Å². The van der Waals surface area contributed by atoms with E-state index in [2.05, 4.69) is 5.32 Å². The molecule has 2 aliphatic rings. The number of rotatable bonds is 3. The van der Waals surface area contributed by atoms with Crippen molar-refractivity contribution in [3.05, 3.63) is 35.4 Å². The SMILES string of the molecule is C[C@H](NC(=O)C1=Cc2ccccc2OC1)C(=O)N1CCCCC1. The summed E-state index contributed by atoms with van der Waals surface area (Å²) >= 11 is 0. The number of ether oxygens (including phenoxy) is 1. The molecule has 1 saturated heterocycles. The first-order valence-electron chi connectivity index (χ1n) is 8.17. The summed E-state index contributed by atoms with van der Waals surface area (Å²) in [6, 6.07) is 7.07. The van der Waals surface area contributed by atoms with E-state index in [1.165, 1.54) is 6.42 Å². The lowest BCUT2D eigenvalue weighted by Gasteiger charge is -2.29. The molecule has 0 unspecified atom stereocenters. The number of carbonyl (C=O) groups excluding carboxylic acids is 2. The lowest BCUT2D eigenvalue weighted by atomic mass is 10.1. The quantitative estimate of drug-likeness (QED) is 0.928. The molecule has 0 aliphatic carbocycles. The van der Waals surface area contributed by atoms with Crippen molar-refractivity contribution < 1.29 is 14.3 Å². The largest absolute Gasteiger partial charge is 0.488 e. The third kappa shape index (κ3) is 3.55. The van der Waals surface area contributed by atoms with Crippen LogP contribution in [-0.2, 0) is 9.59 Å². The predicted octanol–water partition coefficient (Wildman–Crippen LogP) is 1.98. The van der Waals surface area contributed by atoms with Crippen LogP contribution in [0.1, 0.15) is 31.7 Å². The van der Waals surface area contributed by atoms with Crippen molar-refractivity contribution in [1.82, 2.24) is 10.2 Å². The summed E-state index contributed by atoms with van der Waals surface area (Å²) in [5, 5.41) is 2.80. The van der Waals surface area contributed by atoms with Crippen LogP contribution < -0.4 is 10.1 Å². The minimum atomic E-state index is -0.515. The molecule has 1 atom stereocenters. The van der Waals surface area contributed by atoms with Gasteiger partial charge in [-0.15, -0.1) is 0 Å². The first-order valence-corrected chi connectivity index (χ1v) is 8.17. The molecule has 23 heavy (non-hydrogen) atoms. The third-order valence-electron chi connectivity index (χ3n) is 4.31. The van der Waals surface area contributed by atoms with Crippen molar-refractivity contribution >= 4 is 17.9 Å². The second-order valence-corrected chi connectivity index (χ2v) is 6.08. The summed E-state index contributed by atoms with van der Waals surface area (Å²) in [5.74, 6) is 0.537. The molecule has 5 nitrogen and oxygen atoms in total. The van der Waals surface area contributed by atoms with Gasteiger partial charge in [0.15, 0.2) is 0 Å². The average molecular weight is 314 g/mol. The molecule has 2 heterocycles. The van der Waals surface area contributed by atoms with Gasteiger partial charge in [0.1, 0.15) is 18.4 Å². The van der Waals surface area contributed by atoms with Crippen molar-refractivity contribution in [2.24, 2.45) is 0 Å². The maximum atomic E-state index is 12.4. The first kappa shape index (κ1) is 15.6.